The highest BCUT2D eigenvalue weighted by Crippen LogP contribution is 2.21. The van der Waals surface area contributed by atoms with Crippen molar-refractivity contribution in [1.29, 1.82) is 0 Å². The first-order valence-electron chi connectivity index (χ1n) is 7.11. The zero-order chi connectivity index (χ0) is 14.7. The van der Waals surface area contributed by atoms with E-state index < -0.39 is 0 Å². The van der Waals surface area contributed by atoms with Gasteiger partial charge in [-0.15, -0.1) is 0 Å². The summed E-state index contributed by atoms with van der Waals surface area (Å²) in [7, 11) is 2.13. The van der Waals surface area contributed by atoms with Crippen LogP contribution in [-0.4, -0.2) is 41.0 Å². The van der Waals surface area contributed by atoms with Crippen molar-refractivity contribution in [3.05, 3.63) is 36.4 Å². The zero-order valence-corrected chi connectivity index (χ0v) is 12.1. The van der Waals surface area contributed by atoms with Gasteiger partial charge in [0.1, 0.15) is 11.6 Å². The molecule has 0 spiro atoms. The van der Waals surface area contributed by atoms with E-state index >= 15 is 0 Å². The number of likely N-dealkylation sites (N-methyl/N-ethyl adjacent to an activating group) is 1. The minimum absolute atomic E-state index is 0.416. The molecule has 2 aromatic rings. The summed E-state index contributed by atoms with van der Waals surface area (Å²) in [5.41, 5.74) is 3.58. The average molecular weight is 284 g/mol. The maximum absolute atomic E-state index is 5.52. The van der Waals surface area contributed by atoms with Crippen molar-refractivity contribution in [3.63, 3.8) is 0 Å². The first-order chi connectivity index (χ1) is 10.2. The van der Waals surface area contributed by atoms with Gasteiger partial charge in [0.2, 0.25) is 0 Å². The fourth-order valence-electron chi connectivity index (χ4n) is 2.57. The molecular formula is C15H20N6. The Balaban J connectivity index is 1.86. The maximum Gasteiger partial charge on any atom is 0.163 e. The smallest absolute Gasteiger partial charge is 0.163 e. The van der Waals surface area contributed by atoms with E-state index in [1.165, 1.54) is 0 Å². The van der Waals surface area contributed by atoms with Crippen LogP contribution < -0.4 is 16.6 Å². The summed E-state index contributed by atoms with van der Waals surface area (Å²) in [5, 5.41) is 3.47. The van der Waals surface area contributed by atoms with Crippen molar-refractivity contribution in [2.75, 3.05) is 30.9 Å². The molecule has 0 amide bonds. The van der Waals surface area contributed by atoms with Gasteiger partial charge >= 0.3 is 0 Å². The molecule has 21 heavy (non-hydrogen) atoms. The summed E-state index contributed by atoms with van der Waals surface area (Å²) < 4.78 is 0. The minimum Gasteiger partial charge on any atom is -0.366 e. The maximum atomic E-state index is 5.52. The van der Waals surface area contributed by atoms with E-state index in [0.717, 1.165) is 30.9 Å². The number of nitrogens with one attached hydrogen (secondary N) is 2. The molecule has 6 nitrogen and oxygen atoms in total. The van der Waals surface area contributed by atoms with Gasteiger partial charge in [0, 0.05) is 24.2 Å². The second-order valence-corrected chi connectivity index (χ2v) is 5.36. The molecule has 1 atom stereocenters. The average Bonchev–Trinajstić information content (AvgIpc) is 2.93. The van der Waals surface area contributed by atoms with Gasteiger partial charge in [-0.05, 0) is 20.0 Å². The van der Waals surface area contributed by atoms with E-state index in [-0.39, 0.29) is 0 Å². The van der Waals surface area contributed by atoms with Crippen LogP contribution in [0.25, 0.3) is 11.4 Å². The molecule has 1 aliphatic rings. The Hall–Kier alpha value is -2.18. The number of benzene rings is 1. The van der Waals surface area contributed by atoms with Gasteiger partial charge in [-0.1, -0.05) is 30.3 Å². The highest BCUT2D eigenvalue weighted by Gasteiger charge is 2.20. The number of hydrogen-bond donors (Lipinski definition) is 3. The normalized spacial score (nSPS) is 18.7. The van der Waals surface area contributed by atoms with Crippen LogP contribution >= 0.6 is 0 Å². The van der Waals surface area contributed by atoms with Crippen LogP contribution in [0.15, 0.2) is 36.4 Å². The molecule has 1 aromatic heterocycles. The topological polar surface area (TPSA) is 79.1 Å². The van der Waals surface area contributed by atoms with E-state index in [4.69, 9.17) is 5.84 Å². The molecule has 6 heteroatoms. The van der Waals surface area contributed by atoms with Crippen LogP contribution in [-0.2, 0) is 0 Å². The van der Waals surface area contributed by atoms with E-state index in [0.29, 0.717) is 17.7 Å². The first kappa shape index (κ1) is 13.8. The Labute approximate surface area is 124 Å². The van der Waals surface area contributed by atoms with Gasteiger partial charge in [0.05, 0.1) is 0 Å². The summed E-state index contributed by atoms with van der Waals surface area (Å²) in [6.45, 7) is 2.13. The number of hydrazine groups is 1. The molecule has 1 fully saturated rings. The number of nitrogens with two attached hydrogens (primary N) is 1. The van der Waals surface area contributed by atoms with Crippen LogP contribution in [0, 0.1) is 0 Å². The number of nitrogen functional groups attached to an aromatic ring is 1. The van der Waals surface area contributed by atoms with Gasteiger partial charge in [0.15, 0.2) is 5.82 Å². The lowest BCUT2D eigenvalue weighted by atomic mass is 10.2. The van der Waals surface area contributed by atoms with Gasteiger partial charge in [-0.3, -0.25) is 0 Å². The molecule has 0 radical (unpaired) electrons. The molecule has 0 aliphatic carbocycles. The Morgan fingerprint density at radius 1 is 1.19 bits per heavy atom. The van der Waals surface area contributed by atoms with Crippen LogP contribution in [0.2, 0.25) is 0 Å². The van der Waals surface area contributed by atoms with Crippen molar-refractivity contribution in [2.24, 2.45) is 5.84 Å². The summed E-state index contributed by atoms with van der Waals surface area (Å²) >= 11 is 0. The van der Waals surface area contributed by atoms with Gasteiger partial charge in [-0.2, -0.15) is 0 Å². The summed E-state index contributed by atoms with van der Waals surface area (Å²) in [4.78, 5) is 11.3. The Kier molecular flexibility index (Phi) is 3.98. The third kappa shape index (κ3) is 3.29. The standard InChI is InChI=1S/C15H20N6/c1-21-8-7-12(10-21)17-13-9-14(20-16)19-15(18-13)11-5-3-2-4-6-11/h2-6,9,12H,7-8,10,16H2,1H3,(H2,17,18,19,20). The molecule has 1 aliphatic heterocycles. The lowest BCUT2D eigenvalue weighted by molar-refractivity contribution is 0.414. The van der Waals surface area contributed by atoms with Crippen LogP contribution in [0.5, 0.6) is 0 Å². The number of rotatable bonds is 4. The Morgan fingerprint density at radius 2 is 1.95 bits per heavy atom. The van der Waals surface area contributed by atoms with Gasteiger partial charge in [0.25, 0.3) is 0 Å². The molecule has 4 N–H and O–H groups in total. The van der Waals surface area contributed by atoms with E-state index in [9.17, 15) is 0 Å². The van der Waals surface area contributed by atoms with Crippen LogP contribution in [0.3, 0.4) is 0 Å². The molecule has 3 rings (SSSR count). The van der Waals surface area contributed by atoms with Gasteiger partial charge < -0.3 is 15.6 Å². The van der Waals surface area contributed by atoms with E-state index in [1.54, 1.807) is 0 Å². The summed E-state index contributed by atoms with van der Waals surface area (Å²) in [6, 6.07) is 12.2. The monoisotopic (exact) mass is 284 g/mol. The van der Waals surface area contributed by atoms with Crippen molar-refractivity contribution in [3.8, 4) is 11.4 Å². The van der Waals surface area contributed by atoms with E-state index in [2.05, 4.69) is 32.7 Å². The molecular weight excluding hydrogens is 264 g/mol. The number of anilines is 2. The lowest BCUT2D eigenvalue weighted by Gasteiger charge is -2.15. The fraction of sp³-hybridized carbons (Fsp3) is 0.333. The molecule has 1 saturated heterocycles. The Morgan fingerprint density at radius 3 is 2.62 bits per heavy atom. The lowest BCUT2D eigenvalue weighted by Crippen LogP contribution is -2.24. The van der Waals surface area contributed by atoms with Crippen molar-refractivity contribution in [1.82, 2.24) is 14.9 Å². The predicted molar refractivity (Wildman–Crippen MR) is 84.8 cm³/mol. The molecule has 110 valence electrons. The largest absolute Gasteiger partial charge is 0.366 e. The fourth-order valence-corrected chi connectivity index (χ4v) is 2.57. The highest BCUT2D eigenvalue weighted by atomic mass is 15.3. The molecule has 1 unspecified atom stereocenters. The molecule has 0 saturated carbocycles. The molecule has 0 bridgehead atoms. The van der Waals surface area contributed by atoms with Crippen molar-refractivity contribution < 1.29 is 0 Å². The second kappa shape index (κ2) is 6.07. The van der Waals surface area contributed by atoms with Crippen LogP contribution in [0.1, 0.15) is 6.42 Å². The Bertz CT molecular complexity index is 600. The highest BCUT2D eigenvalue weighted by molar-refractivity contribution is 5.61. The van der Waals surface area contributed by atoms with Crippen LogP contribution in [0.4, 0.5) is 11.6 Å². The number of aromatic nitrogens is 2. The third-order valence-corrected chi connectivity index (χ3v) is 3.65. The van der Waals surface area contributed by atoms with Crippen molar-refractivity contribution in [2.45, 2.75) is 12.5 Å². The predicted octanol–water partition coefficient (Wildman–Crippen LogP) is 1.55. The first-order valence-corrected chi connectivity index (χ1v) is 7.11. The van der Waals surface area contributed by atoms with E-state index in [1.807, 2.05) is 36.4 Å². The number of nitrogens with zero attached hydrogens (tertiary/aromatic N) is 3. The minimum atomic E-state index is 0.416. The SMILES string of the molecule is CN1CCC(Nc2cc(NN)nc(-c3ccccc3)n2)C1. The molecule has 1 aromatic carbocycles. The number of hydrogen-bond acceptors (Lipinski definition) is 6. The summed E-state index contributed by atoms with van der Waals surface area (Å²) in [6.07, 6.45) is 1.12. The summed E-state index contributed by atoms with van der Waals surface area (Å²) in [5.74, 6) is 7.60. The van der Waals surface area contributed by atoms with Gasteiger partial charge in [-0.25, -0.2) is 15.8 Å². The second-order valence-electron chi connectivity index (χ2n) is 5.36. The third-order valence-electron chi connectivity index (χ3n) is 3.65. The van der Waals surface area contributed by atoms with Crippen molar-refractivity contribution >= 4 is 11.6 Å². The zero-order valence-electron chi connectivity index (χ0n) is 12.1. The molecule has 2 heterocycles. The number of likely N-dealkylation sites (tertiary alicyclic amines) is 1. The quantitative estimate of drug-likeness (QED) is 0.584.